The first-order valence-corrected chi connectivity index (χ1v) is 4.44. The molecule has 1 rings (SSSR count). The molecule has 0 bridgehead atoms. The van der Waals surface area contributed by atoms with Crippen LogP contribution < -0.4 is 11.1 Å². The average molecular weight is 221 g/mol. The molecule has 0 saturated carbocycles. The Morgan fingerprint density at radius 1 is 1.31 bits per heavy atom. The van der Waals surface area contributed by atoms with Gasteiger partial charge in [0, 0.05) is 6.92 Å². The average Bonchev–Trinajstić information content (AvgIpc) is 2.16. The van der Waals surface area contributed by atoms with E-state index in [0.717, 1.165) is 0 Å². The summed E-state index contributed by atoms with van der Waals surface area (Å²) in [5, 5.41) is 11.0. The lowest BCUT2D eigenvalue weighted by atomic mass is 10.2. The van der Waals surface area contributed by atoms with Crippen LogP contribution in [0.2, 0.25) is 0 Å². The molecule has 0 atom stereocenters. The summed E-state index contributed by atoms with van der Waals surface area (Å²) in [5.74, 6) is -1.36. The van der Waals surface area contributed by atoms with Crippen molar-refractivity contribution in [3.05, 3.63) is 29.8 Å². The highest BCUT2D eigenvalue weighted by Gasteiger charge is 2.01. The Morgan fingerprint density at radius 3 is 2.31 bits per heavy atom. The van der Waals surface area contributed by atoms with Crippen LogP contribution in [0.4, 0.5) is 5.69 Å². The highest BCUT2D eigenvalue weighted by Crippen LogP contribution is 2.12. The molecule has 4 N–H and O–H groups in total. The van der Waals surface area contributed by atoms with Gasteiger partial charge in [0.05, 0.1) is 11.3 Å². The number of nitrogens with zero attached hydrogens (tertiary/aromatic N) is 1. The van der Waals surface area contributed by atoms with E-state index >= 15 is 0 Å². The number of carboxylic acid groups (broad SMARTS) is 1. The van der Waals surface area contributed by atoms with E-state index in [9.17, 15) is 9.59 Å². The first-order chi connectivity index (χ1) is 7.49. The summed E-state index contributed by atoms with van der Waals surface area (Å²) in [6.45, 7) is 1.32. The molecule has 1 aromatic carbocycles. The second kappa shape index (κ2) is 4.92. The molecule has 0 aliphatic heterocycles. The highest BCUT2D eigenvalue weighted by molar-refractivity contribution is 5.96. The van der Waals surface area contributed by atoms with Crippen molar-refractivity contribution in [1.29, 1.82) is 0 Å². The third-order valence-electron chi connectivity index (χ3n) is 1.67. The van der Waals surface area contributed by atoms with Gasteiger partial charge >= 0.3 is 5.97 Å². The summed E-state index contributed by atoms with van der Waals surface area (Å²) in [4.78, 5) is 25.1. The zero-order chi connectivity index (χ0) is 12.1. The van der Waals surface area contributed by atoms with Crippen molar-refractivity contribution in [3.8, 4) is 0 Å². The Kier molecular flexibility index (Phi) is 3.60. The van der Waals surface area contributed by atoms with Crippen molar-refractivity contribution in [1.82, 2.24) is 5.32 Å². The largest absolute Gasteiger partial charge is 0.478 e. The van der Waals surface area contributed by atoms with Crippen LogP contribution in [0.1, 0.15) is 17.3 Å². The second-order valence-electron chi connectivity index (χ2n) is 3.03. The van der Waals surface area contributed by atoms with Gasteiger partial charge in [-0.3, -0.25) is 10.1 Å². The lowest BCUT2D eigenvalue weighted by Crippen LogP contribution is -2.34. The van der Waals surface area contributed by atoms with E-state index in [1.54, 1.807) is 0 Å². The van der Waals surface area contributed by atoms with E-state index in [0.29, 0.717) is 5.69 Å². The Bertz CT molecular complexity index is 437. The maximum Gasteiger partial charge on any atom is 0.335 e. The summed E-state index contributed by atoms with van der Waals surface area (Å²) < 4.78 is 0. The number of carboxylic acids is 1. The van der Waals surface area contributed by atoms with Gasteiger partial charge in [0.25, 0.3) is 0 Å². The molecule has 0 spiro atoms. The van der Waals surface area contributed by atoms with Crippen molar-refractivity contribution < 1.29 is 14.7 Å². The van der Waals surface area contributed by atoms with Crippen molar-refractivity contribution in [3.63, 3.8) is 0 Å². The number of benzene rings is 1. The van der Waals surface area contributed by atoms with E-state index in [1.807, 2.05) is 0 Å². The number of hydrogen-bond donors (Lipinski definition) is 3. The number of carbonyl (C=O) groups is 2. The van der Waals surface area contributed by atoms with Crippen molar-refractivity contribution in [2.24, 2.45) is 10.7 Å². The SMILES string of the molecule is CC(=O)NC(N)=Nc1ccc(C(=O)O)cc1. The maximum atomic E-state index is 10.6. The molecule has 0 fully saturated rings. The first kappa shape index (κ1) is 11.7. The number of guanidine groups is 1. The van der Waals surface area contributed by atoms with Gasteiger partial charge < -0.3 is 10.8 Å². The number of hydrogen-bond acceptors (Lipinski definition) is 3. The van der Waals surface area contributed by atoms with Gasteiger partial charge in [0.1, 0.15) is 0 Å². The van der Waals surface area contributed by atoms with E-state index in [-0.39, 0.29) is 17.4 Å². The van der Waals surface area contributed by atoms with Crippen LogP contribution in [-0.2, 0) is 4.79 Å². The molecule has 0 aliphatic rings. The summed E-state index contributed by atoms with van der Waals surface area (Å²) in [6.07, 6.45) is 0. The molecular weight excluding hydrogens is 210 g/mol. The van der Waals surface area contributed by atoms with E-state index < -0.39 is 5.97 Å². The van der Waals surface area contributed by atoms with Crippen molar-refractivity contribution in [2.45, 2.75) is 6.92 Å². The number of aliphatic imine (C=N–C) groups is 1. The van der Waals surface area contributed by atoms with E-state index in [2.05, 4.69) is 10.3 Å². The summed E-state index contributed by atoms with van der Waals surface area (Å²) >= 11 is 0. The zero-order valence-corrected chi connectivity index (χ0v) is 8.60. The second-order valence-corrected chi connectivity index (χ2v) is 3.03. The molecule has 84 valence electrons. The summed E-state index contributed by atoms with van der Waals surface area (Å²) in [7, 11) is 0. The summed E-state index contributed by atoms with van der Waals surface area (Å²) in [6, 6.07) is 5.81. The molecule has 0 aliphatic carbocycles. The standard InChI is InChI=1S/C10H11N3O3/c1-6(14)12-10(11)13-8-4-2-7(3-5-8)9(15)16/h2-5H,1H3,(H,15,16)(H3,11,12,13,14). The molecule has 0 unspecified atom stereocenters. The third kappa shape index (κ3) is 3.41. The van der Waals surface area contributed by atoms with Gasteiger partial charge in [0.2, 0.25) is 11.9 Å². The minimum atomic E-state index is -1.01. The number of nitrogens with one attached hydrogen (secondary N) is 1. The fourth-order valence-corrected chi connectivity index (χ4v) is 1.03. The fourth-order valence-electron chi connectivity index (χ4n) is 1.03. The van der Waals surface area contributed by atoms with Crippen molar-refractivity contribution in [2.75, 3.05) is 0 Å². The zero-order valence-electron chi connectivity index (χ0n) is 8.60. The minimum Gasteiger partial charge on any atom is -0.478 e. The predicted molar refractivity (Wildman–Crippen MR) is 58.5 cm³/mol. The van der Waals surface area contributed by atoms with Gasteiger partial charge in [-0.15, -0.1) is 0 Å². The molecule has 1 aromatic rings. The van der Waals surface area contributed by atoms with Crippen molar-refractivity contribution >= 4 is 23.5 Å². The molecule has 0 aromatic heterocycles. The predicted octanol–water partition coefficient (Wildman–Crippen LogP) is 0.467. The van der Waals surface area contributed by atoms with Crippen LogP contribution in [-0.4, -0.2) is 22.9 Å². The quantitative estimate of drug-likeness (QED) is 0.498. The Labute approximate surface area is 91.8 Å². The van der Waals surface area contributed by atoms with Crippen LogP contribution in [0.15, 0.2) is 29.3 Å². The van der Waals surface area contributed by atoms with Crippen LogP contribution in [0, 0.1) is 0 Å². The van der Waals surface area contributed by atoms with Gasteiger partial charge in [-0.2, -0.15) is 0 Å². The molecule has 0 saturated heterocycles. The number of nitrogens with two attached hydrogens (primary N) is 1. The number of aromatic carboxylic acids is 1. The minimum absolute atomic E-state index is 0.0319. The molecule has 16 heavy (non-hydrogen) atoms. The third-order valence-corrected chi connectivity index (χ3v) is 1.67. The van der Waals surface area contributed by atoms with Crippen LogP contribution >= 0.6 is 0 Å². The van der Waals surface area contributed by atoms with E-state index in [4.69, 9.17) is 10.8 Å². The highest BCUT2D eigenvalue weighted by atomic mass is 16.4. The van der Waals surface area contributed by atoms with Crippen LogP contribution in [0.5, 0.6) is 0 Å². The molecule has 0 radical (unpaired) electrons. The topological polar surface area (TPSA) is 105 Å². The lowest BCUT2D eigenvalue weighted by molar-refractivity contribution is -0.117. The maximum absolute atomic E-state index is 10.6. The van der Waals surface area contributed by atoms with Gasteiger partial charge in [-0.1, -0.05) is 0 Å². The van der Waals surface area contributed by atoms with Crippen LogP contribution in [0.25, 0.3) is 0 Å². The molecule has 0 heterocycles. The number of carbonyl (C=O) groups excluding carboxylic acids is 1. The Balaban J connectivity index is 2.82. The monoisotopic (exact) mass is 221 g/mol. The fraction of sp³-hybridized carbons (Fsp3) is 0.100. The number of rotatable bonds is 2. The summed E-state index contributed by atoms with van der Waals surface area (Å²) in [5.41, 5.74) is 6.04. The number of amides is 1. The van der Waals surface area contributed by atoms with Gasteiger partial charge in [-0.25, -0.2) is 9.79 Å². The smallest absolute Gasteiger partial charge is 0.335 e. The molecule has 1 amide bonds. The van der Waals surface area contributed by atoms with E-state index in [1.165, 1.54) is 31.2 Å². The molecular formula is C10H11N3O3. The first-order valence-electron chi connectivity index (χ1n) is 4.44. The van der Waals surface area contributed by atoms with Gasteiger partial charge in [-0.05, 0) is 24.3 Å². The molecule has 6 heteroatoms. The van der Waals surface area contributed by atoms with Crippen LogP contribution in [0.3, 0.4) is 0 Å². The Hall–Kier alpha value is -2.37. The lowest BCUT2D eigenvalue weighted by Gasteiger charge is -2.00. The molecule has 6 nitrogen and oxygen atoms in total. The van der Waals surface area contributed by atoms with Gasteiger partial charge in [0.15, 0.2) is 0 Å². The Morgan fingerprint density at radius 2 is 1.88 bits per heavy atom. The normalized spacial score (nSPS) is 10.9.